The van der Waals surface area contributed by atoms with Crippen LogP contribution < -0.4 is 5.32 Å². The van der Waals surface area contributed by atoms with Gasteiger partial charge in [0.05, 0.1) is 5.69 Å². The first-order chi connectivity index (χ1) is 14.3. The van der Waals surface area contributed by atoms with Crippen LogP contribution in [-0.4, -0.2) is 16.7 Å². The lowest BCUT2D eigenvalue weighted by Crippen LogP contribution is -2.14. The van der Waals surface area contributed by atoms with Crippen molar-refractivity contribution >= 4 is 0 Å². The van der Waals surface area contributed by atoms with Crippen molar-refractivity contribution in [3.63, 3.8) is 0 Å². The summed E-state index contributed by atoms with van der Waals surface area (Å²) in [5.41, 5.74) is -0.806. The zero-order valence-corrected chi connectivity index (χ0v) is 15.4. The van der Waals surface area contributed by atoms with Crippen LogP contribution in [0.3, 0.4) is 0 Å². The number of aromatic nitrogens is 2. The van der Waals surface area contributed by atoms with Crippen LogP contribution >= 0.6 is 0 Å². The van der Waals surface area contributed by atoms with Crippen LogP contribution in [0.25, 0.3) is 11.3 Å². The third-order valence-corrected chi connectivity index (χ3v) is 5.15. The van der Waals surface area contributed by atoms with Gasteiger partial charge in [0.25, 0.3) is 0 Å². The van der Waals surface area contributed by atoms with Gasteiger partial charge in [-0.05, 0) is 48.9 Å². The highest BCUT2D eigenvalue weighted by molar-refractivity contribution is 5.63. The van der Waals surface area contributed by atoms with Gasteiger partial charge in [0, 0.05) is 29.2 Å². The molecule has 0 saturated heterocycles. The van der Waals surface area contributed by atoms with Crippen LogP contribution in [0.15, 0.2) is 42.5 Å². The molecule has 1 aliphatic heterocycles. The minimum Gasteiger partial charge on any atom is -0.313 e. The molecule has 0 bridgehead atoms. The molecular formula is C21H15F6N3. The fraction of sp³-hybridized carbons (Fsp3) is 0.238. The average Bonchev–Trinajstić information content (AvgIpc) is 2.91. The van der Waals surface area contributed by atoms with E-state index in [4.69, 9.17) is 0 Å². The molecule has 9 heteroatoms. The Balaban J connectivity index is 1.80. The maximum absolute atomic E-state index is 15.3. The van der Waals surface area contributed by atoms with Gasteiger partial charge in [0.2, 0.25) is 0 Å². The van der Waals surface area contributed by atoms with Crippen molar-refractivity contribution in [2.75, 3.05) is 6.54 Å². The number of alkyl halides is 3. The van der Waals surface area contributed by atoms with Gasteiger partial charge in [-0.25, -0.2) is 13.2 Å². The second-order valence-corrected chi connectivity index (χ2v) is 6.95. The molecule has 0 radical (unpaired) electrons. The molecule has 1 N–H and O–H groups in total. The number of benzene rings is 2. The van der Waals surface area contributed by atoms with Crippen molar-refractivity contribution in [1.82, 2.24) is 15.5 Å². The Kier molecular flexibility index (Phi) is 5.23. The van der Waals surface area contributed by atoms with Crippen molar-refractivity contribution in [3.05, 3.63) is 82.3 Å². The summed E-state index contributed by atoms with van der Waals surface area (Å²) >= 11 is 0. The Hall–Kier alpha value is -2.94. The van der Waals surface area contributed by atoms with Gasteiger partial charge in [-0.15, -0.1) is 10.2 Å². The Labute approximate surface area is 167 Å². The first kappa shape index (κ1) is 20.3. The van der Waals surface area contributed by atoms with Gasteiger partial charge in [-0.1, -0.05) is 12.1 Å². The first-order valence-electron chi connectivity index (χ1n) is 9.14. The molecule has 3 aromatic rings. The van der Waals surface area contributed by atoms with Crippen LogP contribution in [-0.2, 0) is 12.7 Å². The topological polar surface area (TPSA) is 37.8 Å². The van der Waals surface area contributed by atoms with Crippen molar-refractivity contribution < 1.29 is 26.3 Å². The quantitative estimate of drug-likeness (QED) is 0.576. The summed E-state index contributed by atoms with van der Waals surface area (Å²) in [4.78, 5) is 0. The number of fused-ring (bicyclic) bond motifs is 1. The van der Waals surface area contributed by atoms with Crippen molar-refractivity contribution in [1.29, 1.82) is 0 Å². The molecule has 156 valence electrons. The third-order valence-electron chi connectivity index (χ3n) is 5.15. The fourth-order valence-corrected chi connectivity index (χ4v) is 3.73. The van der Waals surface area contributed by atoms with Crippen molar-refractivity contribution in [2.45, 2.75) is 25.1 Å². The van der Waals surface area contributed by atoms with Gasteiger partial charge in [0.15, 0.2) is 5.69 Å². The SMILES string of the molecule is Fc1cccc(F)c1C1CCNCc2c1ccc(-c1ccc(C(F)(F)F)nn1)c2F. The summed E-state index contributed by atoms with van der Waals surface area (Å²) in [6.45, 7) is 0.512. The van der Waals surface area contributed by atoms with E-state index in [1.165, 1.54) is 18.2 Å². The van der Waals surface area contributed by atoms with Crippen LogP contribution in [0.4, 0.5) is 26.3 Å². The summed E-state index contributed by atoms with van der Waals surface area (Å²) in [7, 11) is 0. The summed E-state index contributed by atoms with van der Waals surface area (Å²) in [5.74, 6) is -2.85. The first-order valence-corrected chi connectivity index (χ1v) is 9.14. The molecule has 0 spiro atoms. The summed E-state index contributed by atoms with van der Waals surface area (Å²) in [5, 5.41) is 9.65. The normalized spacial score (nSPS) is 16.8. The molecule has 0 aliphatic carbocycles. The largest absolute Gasteiger partial charge is 0.435 e. The van der Waals surface area contributed by atoms with E-state index >= 15 is 4.39 Å². The molecule has 0 amide bonds. The zero-order chi connectivity index (χ0) is 21.5. The standard InChI is InChI=1S/C21H15F6N3/c22-15-2-1-3-16(23)19(15)12-8-9-28-10-14-11(12)4-5-13(20(14)24)17-6-7-18(30-29-17)21(25,26)27/h1-7,12,28H,8-10H2. The molecule has 30 heavy (non-hydrogen) atoms. The summed E-state index contributed by atoms with van der Waals surface area (Å²) < 4.78 is 82.2. The Morgan fingerprint density at radius 3 is 2.27 bits per heavy atom. The van der Waals surface area contributed by atoms with E-state index in [-0.39, 0.29) is 28.9 Å². The number of nitrogens with zero attached hydrogens (tertiary/aromatic N) is 2. The van der Waals surface area contributed by atoms with Gasteiger partial charge < -0.3 is 5.32 Å². The van der Waals surface area contributed by atoms with Crippen LogP contribution in [0.1, 0.15) is 34.7 Å². The van der Waals surface area contributed by atoms with E-state index in [9.17, 15) is 22.0 Å². The van der Waals surface area contributed by atoms with Crippen LogP contribution in [0.2, 0.25) is 0 Å². The molecule has 0 saturated carbocycles. The fourth-order valence-electron chi connectivity index (χ4n) is 3.73. The van der Waals surface area contributed by atoms with Crippen molar-refractivity contribution in [3.8, 4) is 11.3 Å². The molecule has 2 aromatic carbocycles. The molecule has 2 heterocycles. The monoisotopic (exact) mass is 423 g/mol. The van der Waals surface area contributed by atoms with Gasteiger partial charge in [-0.2, -0.15) is 13.2 Å². The molecule has 3 nitrogen and oxygen atoms in total. The van der Waals surface area contributed by atoms with Gasteiger partial charge in [-0.3, -0.25) is 0 Å². The van der Waals surface area contributed by atoms with E-state index in [1.54, 1.807) is 0 Å². The highest BCUT2D eigenvalue weighted by Crippen LogP contribution is 2.38. The van der Waals surface area contributed by atoms with Crippen LogP contribution in [0.5, 0.6) is 0 Å². The Morgan fingerprint density at radius 1 is 0.900 bits per heavy atom. The maximum atomic E-state index is 15.3. The number of nitrogens with one attached hydrogen (secondary N) is 1. The lowest BCUT2D eigenvalue weighted by molar-refractivity contribution is -0.141. The maximum Gasteiger partial charge on any atom is 0.435 e. The summed E-state index contributed by atoms with van der Waals surface area (Å²) in [6, 6.07) is 8.22. The molecular weight excluding hydrogens is 408 g/mol. The highest BCUT2D eigenvalue weighted by atomic mass is 19.4. The van der Waals surface area contributed by atoms with E-state index in [0.29, 0.717) is 18.5 Å². The Bertz CT molecular complexity index is 1060. The van der Waals surface area contributed by atoms with Crippen molar-refractivity contribution in [2.24, 2.45) is 0 Å². The lowest BCUT2D eigenvalue weighted by atomic mass is 9.85. The number of rotatable bonds is 2. The van der Waals surface area contributed by atoms with E-state index in [0.717, 1.165) is 24.3 Å². The molecule has 4 rings (SSSR count). The minimum absolute atomic E-state index is 0.0357. The third kappa shape index (κ3) is 3.65. The number of hydrogen-bond acceptors (Lipinski definition) is 3. The van der Waals surface area contributed by atoms with Gasteiger partial charge in [0.1, 0.15) is 17.5 Å². The lowest BCUT2D eigenvalue weighted by Gasteiger charge is -2.20. The summed E-state index contributed by atoms with van der Waals surface area (Å²) in [6.07, 6.45) is -4.30. The number of hydrogen-bond donors (Lipinski definition) is 1. The predicted molar refractivity (Wildman–Crippen MR) is 97.0 cm³/mol. The van der Waals surface area contributed by atoms with E-state index < -0.39 is 35.2 Å². The Morgan fingerprint density at radius 2 is 1.63 bits per heavy atom. The molecule has 1 unspecified atom stereocenters. The van der Waals surface area contributed by atoms with E-state index in [2.05, 4.69) is 15.5 Å². The molecule has 1 aromatic heterocycles. The zero-order valence-electron chi connectivity index (χ0n) is 15.4. The van der Waals surface area contributed by atoms with Gasteiger partial charge >= 0.3 is 6.18 Å². The smallest absolute Gasteiger partial charge is 0.313 e. The van der Waals surface area contributed by atoms with E-state index in [1.807, 2.05) is 0 Å². The minimum atomic E-state index is -4.65. The molecule has 1 aliphatic rings. The second kappa shape index (κ2) is 7.71. The second-order valence-electron chi connectivity index (χ2n) is 6.95. The van der Waals surface area contributed by atoms with Crippen LogP contribution in [0, 0.1) is 17.5 Å². The predicted octanol–water partition coefficient (Wildman–Crippen LogP) is 5.20. The molecule has 1 atom stereocenters. The highest BCUT2D eigenvalue weighted by Gasteiger charge is 2.33. The molecule has 0 fully saturated rings. The average molecular weight is 423 g/mol. The number of halogens is 6.